The highest BCUT2D eigenvalue weighted by molar-refractivity contribution is 4.83. The van der Waals surface area contributed by atoms with Gasteiger partial charge in [0.2, 0.25) is 0 Å². The molecule has 4 aliphatic carbocycles. The van der Waals surface area contributed by atoms with Gasteiger partial charge in [0.1, 0.15) is 0 Å². The lowest BCUT2D eigenvalue weighted by Crippen LogP contribution is -2.29. The van der Waals surface area contributed by atoms with E-state index < -0.39 is 0 Å². The van der Waals surface area contributed by atoms with Gasteiger partial charge in [0.15, 0.2) is 0 Å². The second-order valence-corrected chi connectivity index (χ2v) is 14.7. The molecule has 0 aromatic rings. The fourth-order valence-corrected chi connectivity index (χ4v) is 9.14. The largest absolute Gasteiger partial charge is 0.376 e. The van der Waals surface area contributed by atoms with Gasteiger partial charge in [-0.2, -0.15) is 0 Å². The third-order valence-electron chi connectivity index (χ3n) is 12.5. The first-order valence-corrected chi connectivity index (χ1v) is 17.8. The summed E-state index contributed by atoms with van der Waals surface area (Å²) in [6.07, 6.45) is 29.6. The first-order chi connectivity index (χ1) is 18.6. The molecule has 222 valence electrons. The third kappa shape index (κ3) is 9.49. The van der Waals surface area contributed by atoms with Crippen molar-refractivity contribution in [3.8, 4) is 0 Å². The number of hydrogen-bond donors (Lipinski definition) is 0. The molecular weight excluding hydrogens is 464 g/mol. The minimum Gasteiger partial charge on any atom is -0.376 e. The third-order valence-corrected chi connectivity index (χ3v) is 12.5. The summed E-state index contributed by atoms with van der Waals surface area (Å²) in [5.41, 5.74) is 0. The van der Waals surface area contributed by atoms with Crippen LogP contribution in [0, 0.1) is 47.3 Å². The van der Waals surface area contributed by atoms with Gasteiger partial charge in [0.25, 0.3) is 0 Å². The van der Waals surface area contributed by atoms with E-state index in [1.165, 1.54) is 128 Å². The van der Waals surface area contributed by atoms with Gasteiger partial charge in [-0.25, -0.2) is 0 Å². The molecule has 0 aromatic heterocycles. The van der Waals surface area contributed by atoms with Crippen LogP contribution in [-0.2, 0) is 9.47 Å². The van der Waals surface area contributed by atoms with E-state index >= 15 is 0 Å². The Morgan fingerprint density at radius 3 is 0.947 bits per heavy atom. The van der Waals surface area contributed by atoms with Crippen LogP contribution in [0.4, 0.5) is 0 Å². The Morgan fingerprint density at radius 2 is 0.684 bits per heavy atom. The van der Waals surface area contributed by atoms with Crippen molar-refractivity contribution in [3.05, 3.63) is 0 Å². The van der Waals surface area contributed by atoms with Crippen molar-refractivity contribution in [2.45, 2.75) is 168 Å². The topological polar surface area (TPSA) is 18.5 Å². The lowest BCUT2D eigenvalue weighted by atomic mass is 9.68. The standard InChI is InChI=1S/C36H66O2/c1-5-29-7-15-33(16-8-29)35-19-11-31(12-20-35)23-25-37-27(3)28(4)38-26-24-32-13-21-36(22-14-32)34-17-9-30(6-2)10-18-34/h27-36H,5-26H2,1-4H3/t27?,28?,29-,30-,31?,32?,33-,34-,35?,36?. The van der Waals surface area contributed by atoms with Crippen LogP contribution in [-0.4, -0.2) is 25.4 Å². The van der Waals surface area contributed by atoms with Crippen LogP contribution in [0.2, 0.25) is 0 Å². The summed E-state index contributed by atoms with van der Waals surface area (Å²) >= 11 is 0. The average molecular weight is 531 g/mol. The molecule has 0 radical (unpaired) electrons. The Bertz CT molecular complexity index is 547. The van der Waals surface area contributed by atoms with E-state index in [0.717, 1.165) is 60.6 Å². The molecule has 0 amide bonds. The molecule has 2 unspecified atom stereocenters. The molecule has 4 fully saturated rings. The minimum atomic E-state index is 0.217. The number of rotatable bonds is 13. The minimum absolute atomic E-state index is 0.217. The maximum atomic E-state index is 6.29. The van der Waals surface area contributed by atoms with E-state index in [1.807, 2.05) is 0 Å². The molecule has 2 heteroatoms. The Kier molecular flexibility index (Phi) is 13.3. The molecule has 0 spiro atoms. The zero-order chi connectivity index (χ0) is 26.7. The van der Waals surface area contributed by atoms with Crippen LogP contribution < -0.4 is 0 Å². The van der Waals surface area contributed by atoms with Gasteiger partial charge in [-0.05, 0) is 125 Å². The summed E-state index contributed by atoms with van der Waals surface area (Å²) in [5.74, 6) is 8.04. The predicted octanol–water partition coefficient (Wildman–Crippen LogP) is 10.6. The summed E-state index contributed by atoms with van der Waals surface area (Å²) in [6.45, 7) is 11.1. The van der Waals surface area contributed by atoms with Gasteiger partial charge in [-0.1, -0.05) is 78.1 Å². The summed E-state index contributed by atoms with van der Waals surface area (Å²) in [6, 6.07) is 0. The number of ether oxygens (including phenoxy) is 2. The van der Waals surface area contributed by atoms with Gasteiger partial charge in [-0.3, -0.25) is 0 Å². The van der Waals surface area contributed by atoms with Gasteiger partial charge in [-0.15, -0.1) is 0 Å². The molecule has 2 nitrogen and oxygen atoms in total. The van der Waals surface area contributed by atoms with Crippen LogP contribution in [0.5, 0.6) is 0 Å². The molecule has 0 bridgehead atoms. The average Bonchev–Trinajstić information content (AvgIpc) is 2.98. The van der Waals surface area contributed by atoms with Crippen molar-refractivity contribution < 1.29 is 9.47 Å². The zero-order valence-electron chi connectivity index (χ0n) is 26.1. The second kappa shape index (κ2) is 16.4. The van der Waals surface area contributed by atoms with Gasteiger partial charge >= 0.3 is 0 Å². The van der Waals surface area contributed by atoms with E-state index in [0.29, 0.717) is 0 Å². The Balaban J connectivity index is 1.00. The van der Waals surface area contributed by atoms with Crippen LogP contribution in [0.3, 0.4) is 0 Å². The normalized spacial score (nSPS) is 38.5. The van der Waals surface area contributed by atoms with Crippen LogP contribution in [0.15, 0.2) is 0 Å². The highest BCUT2D eigenvalue weighted by Gasteiger charge is 2.32. The molecule has 0 saturated heterocycles. The van der Waals surface area contributed by atoms with Crippen molar-refractivity contribution in [2.75, 3.05) is 13.2 Å². The van der Waals surface area contributed by atoms with Crippen molar-refractivity contribution in [2.24, 2.45) is 47.3 Å². The Morgan fingerprint density at radius 1 is 0.421 bits per heavy atom. The van der Waals surface area contributed by atoms with Crippen LogP contribution >= 0.6 is 0 Å². The highest BCUT2D eigenvalue weighted by Crippen LogP contribution is 2.44. The number of hydrogen-bond acceptors (Lipinski definition) is 2. The summed E-state index contributed by atoms with van der Waals surface area (Å²) in [7, 11) is 0. The summed E-state index contributed by atoms with van der Waals surface area (Å²) in [5, 5.41) is 0. The molecule has 0 aliphatic heterocycles. The Hall–Kier alpha value is -0.0800. The van der Waals surface area contributed by atoms with Crippen molar-refractivity contribution in [1.82, 2.24) is 0 Å². The maximum Gasteiger partial charge on any atom is 0.0805 e. The van der Waals surface area contributed by atoms with Gasteiger partial charge in [0, 0.05) is 13.2 Å². The molecule has 4 aliphatic rings. The highest BCUT2D eigenvalue weighted by atomic mass is 16.5. The fraction of sp³-hybridized carbons (Fsp3) is 1.00. The first kappa shape index (κ1) is 30.9. The lowest BCUT2D eigenvalue weighted by molar-refractivity contribution is -0.0635. The Labute approximate surface area is 238 Å². The first-order valence-electron chi connectivity index (χ1n) is 17.8. The van der Waals surface area contributed by atoms with Gasteiger partial charge < -0.3 is 9.47 Å². The van der Waals surface area contributed by atoms with Crippen LogP contribution in [0.25, 0.3) is 0 Å². The molecule has 4 rings (SSSR count). The monoisotopic (exact) mass is 531 g/mol. The fourth-order valence-electron chi connectivity index (χ4n) is 9.14. The summed E-state index contributed by atoms with van der Waals surface area (Å²) in [4.78, 5) is 0. The molecular formula is C36H66O2. The van der Waals surface area contributed by atoms with Crippen molar-refractivity contribution >= 4 is 0 Å². The van der Waals surface area contributed by atoms with E-state index in [-0.39, 0.29) is 12.2 Å². The van der Waals surface area contributed by atoms with Crippen molar-refractivity contribution in [1.29, 1.82) is 0 Å². The molecule has 0 heterocycles. The predicted molar refractivity (Wildman–Crippen MR) is 162 cm³/mol. The molecule has 2 atom stereocenters. The molecule has 4 saturated carbocycles. The maximum absolute atomic E-state index is 6.29. The van der Waals surface area contributed by atoms with E-state index in [9.17, 15) is 0 Å². The molecule has 38 heavy (non-hydrogen) atoms. The smallest absolute Gasteiger partial charge is 0.0805 e. The molecule has 0 N–H and O–H groups in total. The molecule has 0 aromatic carbocycles. The van der Waals surface area contributed by atoms with E-state index in [4.69, 9.17) is 9.47 Å². The van der Waals surface area contributed by atoms with E-state index in [1.54, 1.807) is 0 Å². The summed E-state index contributed by atoms with van der Waals surface area (Å²) < 4.78 is 12.6. The second-order valence-electron chi connectivity index (χ2n) is 14.7. The lowest BCUT2D eigenvalue weighted by Gasteiger charge is -2.38. The SMILES string of the molecule is CC[C@H]1CC[C@H](C2CCC(CCOC(C)C(C)OCCC3CCC([C@H]4CC[C@H](CC)CC4)CC3)CC2)CC1. The van der Waals surface area contributed by atoms with Gasteiger partial charge in [0.05, 0.1) is 12.2 Å². The van der Waals surface area contributed by atoms with E-state index in [2.05, 4.69) is 27.7 Å². The zero-order valence-corrected chi connectivity index (χ0v) is 26.1. The quantitative estimate of drug-likeness (QED) is 0.236. The van der Waals surface area contributed by atoms with Crippen molar-refractivity contribution in [3.63, 3.8) is 0 Å². The van der Waals surface area contributed by atoms with Crippen LogP contribution in [0.1, 0.15) is 156 Å².